The number of rotatable bonds is 14. The quantitative estimate of drug-likeness (QED) is 0.0783. The van der Waals surface area contributed by atoms with E-state index in [1.54, 1.807) is 31.4 Å². The summed E-state index contributed by atoms with van der Waals surface area (Å²) in [6.45, 7) is 13.3. The molecule has 0 fully saturated rings. The molecule has 10 rings (SSSR count). The SMILES string of the molecule is COC(=O)c1sc(-n2cnc3cc(OC)c(O[Si](c4ccccc4)(c4ccccc4)C(C)(C)C)cc32)cc1O.COC(=O)c1sc(-n2cnc3cc(O[Si](c4ccccc4)(c4ccccc4)C(C)(C)C)c(OC)cc32)cc1O. The Balaban J connectivity index is 0.000000190. The fourth-order valence-electron chi connectivity index (χ4n) is 9.95. The highest BCUT2D eigenvalue weighted by molar-refractivity contribution is 7.17. The lowest BCUT2D eigenvalue weighted by molar-refractivity contribution is 0.0594. The van der Waals surface area contributed by atoms with E-state index in [0.29, 0.717) is 44.0 Å². The average molecular weight is 1120 g/mol. The Morgan fingerprint density at radius 1 is 0.462 bits per heavy atom. The molecule has 0 aliphatic heterocycles. The van der Waals surface area contributed by atoms with E-state index in [4.69, 9.17) is 27.8 Å². The van der Waals surface area contributed by atoms with Crippen molar-refractivity contribution in [2.75, 3.05) is 28.4 Å². The number of methoxy groups -OCH3 is 4. The lowest BCUT2D eigenvalue weighted by Gasteiger charge is -2.43. The predicted molar refractivity (Wildman–Crippen MR) is 314 cm³/mol. The van der Waals surface area contributed by atoms with E-state index in [9.17, 15) is 19.8 Å². The maximum absolute atomic E-state index is 12.1. The minimum Gasteiger partial charge on any atom is -0.531 e. The summed E-state index contributed by atoms with van der Waals surface area (Å²) in [5.41, 5.74) is 2.88. The molecule has 78 heavy (non-hydrogen) atoms. The Bertz CT molecular complexity index is 3660. The Morgan fingerprint density at radius 3 is 1.09 bits per heavy atom. The summed E-state index contributed by atoms with van der Waals surface area (Å²) >= 11 is 2.25. The second-order valence-electron chi connectivity index (χ2n) is 20.3. The van der Waals surface area contributed by atoms with Gasteiger partial charge in [-0.3, -0.25) is 9.13 Å². The van der Waals surface area contributed by atoms with E-state index >= 15 is 0 Å². The van der Waals surface area contributed by atoms with E-state index in [1.807, 2.05) is 77.4 Å². The monoisotopic (exact) mass is 1120 g/mol. The van der Waals surface area contributed by atoms with Crippen molar-refractivity contribution in [2.24, 2.45) is 0 Å². The zero-order valence-corrected chi connectivity index (χ0v) is 48.6. The zero-order chi connectivity index (χ0) is 55.6. The molecule has 0 saturated heterocycles. The van der Waals surface area contributed by atoms with Crippen molar-refractivity contribution >= 4 is 94.1 Å². The number of aromatic nitrogens is 4. The number of benzene rings is 6. The van der Waals surface area contributed by atoms with Gasteiger partial charge in [0, 0.05) is 36.4 Å². The van der Waals surface area contributed by atoms with Crippen LogP contribution in [0, 0.1) is 0 Å². The summed E-state index contributed by atoms with van der Waals surface area (Å²) in [4.78, 5) is 33.6. The molecule has 0 spiro atoms. The first-order chi connectivity index (χ1) is 37.4. The van der Waals surface area contributed by atoms with Crippen LogP contribution < -0.4 is 39.1 Å². The van der Waals surface area contributed by atoms with Gasteiger partial charge < -0.3 is 38.0 Å². The van der Waals surface area contributed by atoms with E-state index < -0.39 is 28.6 Å². The molecule has 0 saturated carbocycles. The van der Waals surface area contributed by atoms with Crippen molar-refractivity contribution in [2.45, 2.75) is 51.6 Å². The van der Waals surface area contributed by atoms with Gasteiger partial charge in [0.1, 0.15) is 45.7 Å². The third kappa shape index (κ3) is 10.0. The van der Waals surface area contributed by atoms with Gasteiger partial charge in [0.2, 0.25) is 0 Å². The molecule has 4 heterocycles. The lowest BCUT2D eigenvalue weighted by atomic mass is 10.2. The van der Waals surface area contributed by atoms with Gasteiger partial charge in [0.25, 0.3) is 0 Å². The molecular weight excluding hydrogens is 1060 g/mol. The minimum atomic E-state index is -2.93. The third-order valence-electron chi connectivity index (χ3n) is 13.6. The number of nitrogens with zero attached hydrogens (tertiary/aromatic N) is 4. The normalized spacial score (nSPS) is 11.9. The van der Waals surface area contributed by atoms with Crippen molar-refractivity contribution < 1.29 is 47.6 Å². The molecule has 14 nitrogen and oxygen atoms in total. The summed E-state index contributed by atoms with van der Waals surface area (Å²) in [5, 5.41) is 26.0. The van der Waals surface area contributed by atoms with E-state index in [2.05, 4.69) is 124 Å². The van der Waals surface area contributed by atoms with Crippen LogP contribution in [0.3, 0.4) is 0 Å². The number of carbonyl (C=O) groups excluding carboxylic acids is 2. The zero-order valence-electron chi connectivity index (χ0n) is 44.9. The molecule has 0 amide bonds. The first-order valence-electron chi connectivity index (χ1n) is 24.9. The van der Waals surface area contributed by atoms with Crippen LogP contribution in [0.25, 0.3) is 32.1 Å². The third-order valence-corrected chi connectivity index (χ3v) is 25.7. The summed E-state index contributed by atoms with van der Waals surface area (Å²) < 4.78 is 39.4. The number of hydrogen-bond acceptors (Lipinski definition) is 14. The maximum Gasteiger partial charge on any atom is 0.351 e. The summed E-state index contributed by atoms with van der Waals surface area (Å²) in [6, 6.07) is 52.2. The largest absolute Gasteiger partial charge is 0.531 e. The van der Waals surface area contributed by atoms with Gasteiger partial charge in [-0.05, 0) is 30.8 Å². The smallest absolute Gasteiger partial charge is 0.351 e. The molecule has 0 atom stereocenters. The van der Waals surface area contributed by atoms with Crippen molar-refractivity contribution in [1.29, 1.82) is 0 Å². The molecule has 0 bridgehead atoms. The molecule has 400 valence electrons. The van der Waals surface area contributed by atoms with Crippen LogP contribution in [-0.4, -0.2) is 86.3 Å². The van der Waals surface area contributed by atoms with E-state index in [-0.39, 0.29) is 31.3 Å². The van der Waals surface area contributed by atoms with Crippen LogP contribution in [0.15, 0.2) is 170 Å². The Hall–Kier alpha value is -8.17. The molecule has 2 N–H and O–H groups in total. The number of hydrogen-bond donors (Lipinski definition) is 2. The van der Waals surface area contributed by atoms with Gasteiger partial charge in [-0.15, -0.1) is 22.7 Å². The van der Waals surface area contributed by atoms with Gasteiger partial charge >= 0.3 is 28.6 Å². The molecule has 18 heteroatoms. The van der Waals surface area contributed by atoms with Crippen LogP contribution in [0.5, 0.6) is 34.5 Å². The van der Waals surface area contributed by atoms with Gasteiger partial charge in [-0.1, -0.05) is 163 Å². The average Bonchev–Trinajstić information content (AvgIpc) is 4.39. The van der Waals surface area contributed by atoms with Gasteiger partial charge in [-0.25, -0.2) is 19.6 Å². The van der Waals surface area contributed by atoms with Crippen LogP contribution in [-0.2, 0) is 9.47 Å². The van der Waals surface area contributed by atoms with E-state index in [0.717, 1.165) is 54.5 Å². The lowest BCUT2D eigenvalue weighted by Crippen LogP contribution is -2.68. The van der Waals surface area contributed by atoms with Gasteiger partial charge in [-0.2, -0.15) is 0 Å². The van der Waals surface area contributed by atoms with Crippen LogP contribution in [0.4, 0.5) is 0 Å². The molecule has 4 aromatic heterocycles. The van der Waals surface area contributed by atoms with Gasteiger partial charge in [0.05, 0.1) is 50.5 Å². The summed E-state index contributed by atoms with van der Waals surface area (Å²) in [7, 11) is -0.0258. The van der Waals surface area contributed by atoms with Crippen LogP contribution >= 0.6 is 22.7 Å². The fourth-order valence-corrected chi connectivity index (χ4v) is 20.7. The highest BCUT2D eigenvalue weighted by Gasteiger charge is 2.54. The molecule has 0 aliphatic rings. The number of thiophene rings is 2. The number of fused-ring (bicyclic) bond motifs is 2. The highest BCUT2D eigenvalue weighted by Crippen LogP contribution is 2.45. The summed E-state index contributed by atoms with van der Waals surface area (Å²) in [5.74, 6) is 0.876. The van der Waals surface area contributed by atoms with Crippen molar-refractivity contribution in [3.63, 3.8) is 0 Å². The number of imidazole rings is 2. The minimum absolute atomic E-state index is 0.131. The molecular formula is C60H60N4O10S2Si2. The first-order valence-corrected chi connectivity index (χ1v) is 30.4. The highest BCUT2D eigenvalue weighted by atomic mass is 32.1. The number of carbonyl (C=O) groups is 2. The molecule has 0 radical (unpaired) electrons. The second kappa shape index (κ2) is 22.1. The fraction of sp³-hybridized carbons (Fsp3) is 0.200. The number of aromatic hydroxyl groups is 2. The maximum atomic E-state index is 12.1. The second-order valence-corrected chi connectivity index (χ2v) is 30.8. The van der Waals surface area contributed by atoms with Gasteiger partial charge in [0.15, 0.2) is 21.3 Å². The Labute approximate surface area is 462 Å². The first kappa shape index (κ1) is 54.6. The van der Waals surface area contributed by atoms with Crippen molar-refractivity contribution in [1.82, 2.24) is 19.1 Å². The van der Waals surface area contributed by atoms with Crippen LogP contribution in [0.1, 0.15) is 60.9 Å². The molecule has 0 aliphatic carbocycles. The summed E-state index contributed by atoms with van der Waals surface area (Å²) in [6.07, 6.45) is 3.31. The van der Waals surface area contributed by atoms with Crippen LogP contribution in [0.2, 0.25) is 10.1 Å². The molecule has 0 unspecified atom stereocenters. The molecule has 10 aromatic rings. The van der Waals surface area contributed by atoms with Crippen molar-refractivity contribution in [3.05, 3.63) is 180 Å². The standard InChI is InChI=1S/2C30H30N2O5SSi/c1-30(2,3)39(20-12-8-6-9-13-20,21-14-10-7-11-15-21)37-26-16-22-23(17-25(26)35-4)32(19-31-22)27-18-24(33)28(38-27)29(34)36-5;1-30(2,3)39(20-12-8-6-9-13-20,21-14-10-7-11-15-21)37-26-17-23-22(16-25(26)35-4)31-19-32(23)27-18-24(33)28(38-27)29(34)36-5/h2*6-19,33H,1-5H3. The van der Waals surface area contributed by atoms with Crippen molar-refractivity contribution in [3.8, 4) is 44.5 Å². The number of esters is 2. The Morgan fingerprint density at radius 2 is 0.769 bits per heavy atom. The number of ether oxygens (including phenoxy) is 4. The Kier molecular flexibility index (Phi) is 15.4. The predicted octanol–water partition coefficient (Wildman–Crippen LogP) is 11.1. The topological polar surface area (TPSA) is 166 Å². The molecule has 6 aromatic carbocycles. The van der Waals surface area contributed by atoms with E-state index in [1.165, 1.54) is 26.4 Å².